The number of nitrogens with zero attached hydrogens (tertiary/aromatic N) is 2. The number of hydrogen-bond donors (Lipinski definition) is 1. The fourth-order valence-corrected chi connectivity index (χ4v) is 3.37. The number of nitriles is 1. The molecule has 0 saturated carbocycles. The van der Waals surface area contributed by atoms with Gasteiger partial charge in [0, 0.05) is 21.6 Å². The minimum atomic E-state index is -0.183. The Labute approximate surface area is 167 Å². The molecule has 3 rings (SSSR count). The first kappa shape index (κ1) is 19.5. The van der Waals surface area contributed by atoms with E-state index >= 15 is 0 Å². The Balaban J connectivity index is 1.64. The highest BCUT2D eigenvalue weighted by Gasteiger charge is 2.13. The average Bonchev–Trinajstić information content (AvgIpc) is 2.70. The number of pyridine rings is 1. The molecular formula is C22H18N2O3S. The lowest BCUT2D eigenvalue weighted by atomic mass is 10.1. The number of benzene rings is 2. The second-order valence-corrected chi connectivity index (χ2v) is 7.31. The Morgan fingerprint density at radius 1 is 1.14 bits per heavy atom. The molecule has 28 heavy (non-hydrogen) atoms. The fraction of sp³-hybridized carbons (Fsp3) is 0.136. The van der Waals surface area contributed by atoms with Gasteiger partial charge in [-0.3, -0.25) is 4.79 Å². The predicted molar refractivity (Wildman–Crippen MR) is 107 cm³/mol. The Kier molecular flexibility index (Phi) is 5.97. The summed E-state index contributed by atoms with van der Waals surface area (Å²) in [7, 11) is 0. The van der Waals surface area contributed by atoms with E-state index < -0.39 is 0 Å². The highest BCUT2D eigenvalue weighted by Crippen LogP contribution is 2.31. The third-order valence-electron chi connectivity index (χ3n) is 4.16. The Morgan fingerprint density at radius 2 is 1.86 bits per heavy atom. The van der Waals surface area contributed by atoms with Crippen molar-refractivity contribution in [3.63, 3.8) is 0 Å². The maximum absolute atomic E-state index is 11.5. The van der Waals surface area contributed by atoms with E-state index in [0.717, 1.165) is 15.4 Å². The molecule has 0 aliphatic carbocycles. The molecular weight excluding hydrogens is 372 g/mol. The molecule has 0 aliphatic rings. The number of aromatic hydroxyl groups is 1. The fourth-order valence-electron chi connectivity index (χ4n) is 2.58. The number of hydrogen-bond acceptors (Lipinski definition) is 6. The minimum absolute atomic E-state index is 0.0345. The number of carbonyl (C=O) groups is 1. The first-order valence-electron chi connectivity index (χ1n) is 8.57. The molecule has 140 valence electrons. The second kappa shape index (κ2) is 8.59. The van der Waals surface area contributed by atoms with Crippen LogP contribution in [0.3, 0.4) is 0 Å². The number of phenols is 1. The van der Waals surface area contributed by atoms with Crippen molar-refractivity contribution in [3.8, 4) is 17.6 Å². The van der Waals surface area contributed by atoms with E-state index in [1.165, 1.54) is 6.92 Å². The van der Waals surface area contributed by atoms with Crippen LogP contribution in [0.15, 0.2) is 64.5 Å². The molecule has 0 bridgehead atoms. The normalized spacial score (nSPS) is 10.3. The molecule has 3 aromatic rings. The van der Waals surface area contributed by atoms with Gasteiger partial charge in [-0.1, -0.05) is 23.9 Å². The van der Waals surface area contributed by atoms with Gasteiger partial charge in [-0.15, -0.1) is 0 Å². The van der Waals surface area contributed by atoms with Crippen molar-refractivity contribution >= 4 is 17.5 Å². The number of carbonyl (C=O) groups excluding carboxylic acids is 1. The zero-order chi connectivity index (χ0) is 20.1. The van der Waals surface area contributed by atoms with E-state index in [2.05, 4.69) is 4.98 Å². The lowest BCUT2D eigenvalue weighted by Crippen LogP contribution is -2.00. The van der Waals surface area contributed by atoms with Crippen molar-refractivity contribution in [3.05, 3.63) is 77.1 Å². The van der Waals surface area contributed by atoms with Gasteiger partial charge < -0.3 is 9.84 Å². The second-order valence-electron chi connectivity index (χ2n) is 6.17. The first-order chi connectivity index (χ1) is 13.5. The van der Waals surface area contributed by atoms with Crippen molar-refractivity contribution in [1.29, 1.82) is 5.26 Å². The van der Waals surface area contributed by atoms with E-state index in [9.17, 15) is 9.90 Å². The summed E-state index contributed by atoms with van der Waals surface area (Å²) in [4.78, 5) is 17.6. The summed E-state index contributed by atoms with van der Waals surface area (Å²) in [6.07, 6.45) is 1.68. The van der Waals surface area contributed by atoms with Crippen molar-refractivity contribution < 1.29 is 14.6 Å². The predicted octanol–water partition coefficient (Wildman–Crippen LogP) is 4.90. The highest BCUT2D eigenvalue weighted by atomic mass is 32.2. The molecule has 0 spiro atoms. The maximum Gasteiger partial charge on any atom is 0.163 e. The average molecular weight is 390 g/mol. The van der Waals surface area contributed by atoms with E-state index in [1.807, 2.05) is 36.4 Å². The van der Waals surface area contributed by atoms with Gasteiger partial charge in [0.1, 0.15) is 29.9 Å². The van der Waals surface area contributed by atoms with Crippen LogP contribution < -0.4 is 4.74 Å². The largest absolute Gasteiger partial charge is 0.507 e. The number of phenolic OH excluding ortho intramolecular Hbond substituents is 1. The lowest BCUT2D eigenvalue weighted by Gasteiger charge is -2.12. The summed E-state index contributed by atoms with van der Waals surface area (Å²) in [5.74, 6) is 0.329. The molecule has 0 atom stereocenters. The Bertz CT molecular complexity index is 1040. The van der Waals surface area contributed by atoms with Crippen molar-refractivity contribution in [2.24, 2.45) is 0 Å². The summed E-state index contributed by atoms with van der Waals surface area (Å²) >= 11 is 1.56. The zero-order valence-electron chi connectivity index (χ0n) is 15.5. The van der Waals surface area contributed by atoms with Crippen molar-refractivity contribution in [1.82, 2.24) is 4.98 Å². The van der Waals surface area contributed by atoms with Crippen LogP contribution in [0.1, 0.15) is 34.1 Å². The van der Waals surface area contributed by atoms with Crippen LogP contribution in [-0.2, 0) is 6.61 Å². The SMILES string of the molecule is CC(=O)c1ccc(OCc2ccc(Sc3ccc(C#N)nc3)cc2)c(C)c1O. The van der Waals surface area contributed by atoms with Gasteiger partial charge in [0.15, 0.2) is 5.78 Å². The topological polar surface area (TPSA) is 83.2 Å². The summed E-state index contributed by atoms with van der Waals surface area (Å²) in [6.45, 7) is 3.49. The standard InChI is InChI=1S/C22H18N2O3S/c1-14-21(10-9-20(15(2)25)22(14)26)27-13-16-3-6-18(7-4-16)28-19-8-5-17(11-23)24-12-19/h3-10,12,26H,13H2,1-2H3. The number of rotatable bonds is 6. The molecule has 0 radical (unpaired) electrons. The number of ether oxygens (including phenoxy) is 1. The summed E-state index contributed by atoms with van der Waals surface area (Å²) in [5, 5.41) is 18.9. The number of Topliss-reactive ketones (excluding diaryl/α,β-unsaturated/α-hetero) is 1. The third kappa shape index (κ3) is 4.51. The van der Waals surface area contributed by atoms with E-state index in [4.69, 9.17) is 10.00 Å². The van der Waals surface area contributed by atoms with E-state index in [1.54, 1.807) is 43.1 Å². The number of aromatic nitrogens is 1. The van der Waals surface area contributed by atoms with Crippen molar-refractivity contribution in [2.45, 2.75) is 30.2 Å². The minimum Gasteiger partial charge on any atom is -0.507 e. The van der Waals surface area contributed by atoms with Gasteiger partial charge in [0.05, 0.1) is 5.56 Å². The highest BCUT2D eigenvalue weighted by molar-refractivity contribution is 7.99. The quantitative estimate of drug-likeness (QED) is 0.603. The van der Waals surface area contributed by atoms with Gasteiger partial charge in [-0.25, -0.2) is 4.98 Å². The van der Waals surface area contributed by atoms with E-state index in [-0.39, 0.29) is 11.5 Å². The Morgan fingerprint density at radius 3 is 2.46 bits per heavy atom. The zero-order valence-corrected chi connectivity index (χ0v) is 16.3. The molecule has 5 nitrogen and oxygen atoms in total. The van der Waals surface area contributed by atoms with Gasteiger partial charge in [0.25, 0.3) is 0 Å². The van der Waals surface area contributed by atoms with Crippen LogP contribution in [0.5, 0.6) is 11.5 Å². The summed E-state index contributed by atoms with van der Waals surface area (Å²) in [6, 6.07) is 16.8. The van der Waals surface area contributed by atoms with Crippen molar-refractivity contribution in [2.75, 3.05) is 0 Å². The summed E-state index contributed by atoms with van der Waals surface area (Å²) in [5.41, 5.74) is 2.23. The van der Waals surface area contributed by atoms with Gasteiger partial charge >= 0.3 is 0 Å². The summed E-state index contributed by atoms with van der Waals surface area (Å²) < 4.78 is 5.80. The molecule has 1 aromatic heterocycles. The molecule has 0 saturated heterocycles. The smallest absolute Gasteiger partial charge is 0.163 e. The molecule has 2 aromatic carbocycles. The van der Waals surface area contributed by atoms with Gasteiger partial charge in [0.2, 0.25) is 0 Å². The van der Waals surface area contributed by atoms with Crippen LogP contribution in [0.4, 0.5) is 0 Å². The maximum atomic E-state index is 11.5. The van der Waals surface area contributed by atoms with E-state index in [0.29, 0.717) is 29.2 Å². The van der Waals surface area contributed by atoms with Crippen LogP contribution in [0.25, 0.3) is 0 Å². The number of ketones is 1. The first-order valence-corrected chi connectivity index (χ1v) is 9.39. The molecule has 1 heterocycles. The molecule has 0 fully saturated rings. The van der Waals surface area contributed by atoms with Crippen LogP contribution >= 0.6 is 11.8 Å². The molecule has 0 unspecified atom stereocenters. The Hall–Kier alpha value is -3.30. The molecule has 0 aliphatic heterocycles. The molecule has 1 N–H and O–H groups in total. The van der Waals surface area contributed by atoms with Crippen LogP contribution in [0.2, 0.25) is 0 Å². The van der Waals surface area contributed by atoms with Crippen LogP contribution in [0, 0.1) is 18.3 Å². The van der Waals surface area contributed by atoms with Gasteiger partial charge in [-0.05, 0) is 55.8 Å². The molecule has 6 heteroatoms. The third-order valence-corrected chi connectivity index (χ3v) is 5.15. The van der Waals surface area contributed by atoms with Crippen LogP contribution in [-0.4, -0.2) is 15.9 Å². The monoisotopic (exact) mass is 390 g/mol. The lowest BCUT2D eigenvalue weighted by molar-refractivity contribution is 0.101. The molecule has 0 amide bonds. The van der Waals surface area contributed by atoms with Gasteiger partial charge in [-0.2, -0.15) is 5.26 Å².